The number of carbonyl (C=O) groups is 1. The van der Waals surface area contributed by atoms with E-state index in [9.17, 15) is 13.2 Å². The first-order chi connectivity index (χ1) is 15.5. The fourth-order valence-electron chi connectivity index (χ4n) is 4.41. The third kappa shape index (κ3) is 4.19. The van der Waals surface area contributed by atoms with Crippen molar-refractivity contribution >= 4 is 44.7 Å². The molecule has 0 N–H and O–H groups in total. The molecule has 0 aromatic carbocycles. The van der Waals surface area contributed by atoms with Crippen molar-refractivity contribution in [2.24, 2.45) is 5.41 Å². The van der Waals surface area contributed by atoms with Crippen LogP contribution in [0.3, 0.4) is 0 Å². The Morgan fingerprint density at radius 2 is 1.94 bits per heavy atom. The zero-order chi connectivity index (χ0) is 22.2. The molecule has 2 fully saturated rings. The van der Waals surface area contributed by atoms with Crippen LogP contribution in [-0.4, -0.2) is 54.9 Å². The standard InChI is InChI=1S/C22H23N3O4S3/c26-20(3-1-17-6-14-30-15-17)24-10-7-22(8-11-24)9-12-25(16-22)32(27,28)21-4-2-19(31-21)18-5-13-29-23-18/h1-6,13-15H,7-12,16H2/b3-1+. The van der Waals surface area contributed by atoms with E-state index in [0.717, 1.165) is 29.7 Å². The Labute approximate surface area is 195 Å². The van der Waals surface area contributed by atoms with Gasteiger partial charge in [0.15, 0.2) is 0 Å². The van der Waals surface area contributed by atoms with Gasteiger partial charge in [0, 0.05) is 38.3 Å². The number of nitrogens with zero attached hydrogens (tertiary/aromatic N) is 3. The van der Waals surface area contributed by atoms with Crippen molar-refractivity contribution in [1.82, 2.24) is 14.4 Å². The Morgan fingerprint density at radius 1 is 1.12 bits per heavy atom. The largest absolute Gasteiger partial charge is 0.364 e. The van der Waals surface area contributed by atoms with Crippen molar-refractivity contribution in [2.45, 2.75) is 23.5 Å². The second kappa shape index (κ2) is 8.58. The zero-order valence-electron chi connectivity index (χ0n) is 17.3. The van der Waals surface area contributed by atoms with Crippen molar-refractivity contribution in [3.05, 3.63) is 52.9 Å². The van der Waals surface area contributed by atoms with Gasteiger partial charge in [-0.3, -0.25) is 4.79 Å². The van der Waals surface area contributed by atoms with Gasteiger partial charge in [-0.05, 0) is 65.3 Å². The molecule has 3 aromatic rings. The van der Waals surface area contributed by atoms with Gasteiger partial charge in [0.2, 0.25) is 5.91 Å². The van der Waals surface area contributed by atoms with Gasteiger partial charge in [0.05, 0.1) is 4.88 Å². The zero-order valence-corrected chi connectivity index (χ0v) is 19.8. The molecule has 32 heavy (non-hydrogen) atoms. The summed E-state index contributed by atoms with van der Waals surface area (Å²) in [5.41, 5.74) is 1.63. The summed E-state index contributed by atoms with van der Waals surface area (Å²) in [6.07, 6.45) is 7.44. The third-order valence-corrected chi connectivity index (χ3v) is 10.5. The lowest BCUT2D eigenvalue weighted by Crippen LogP contribution is -2.44. The summed E-state index contributed by atoms with van der Waals surface area (Å²) in [6.45, 7) is 2.36. The summed E-state index contributed by atoms with van der Waals surface area (Å²) in [6, 6.07) is 7.12. The normalized spacial score (nSPS) is 19.3. The molecule has 2 aliphatic rings. The number of amides is 1. The topological polar surface area (TPSA) is 83.7 Å². The average Bonchev–Trinajstić information content (AvgIpc) is 3.59. The molecular weight excluding hydrogens is 466 g/mol. The maximum atomic E-state index is 13.2. The fourth-order valence-corrected chi connectivity index (χ4v) is 8.02. The number of rotatable bonds is 5. The van der Waals surface area contributed by atoms with Crippen LogP contribution in [-0.2, 0) is 14.8 Å². The molecule has 168 valence electrons. The van der Waals surface area contributed by atoms with E-state index in [1.54, 1.807) is 39.9 Å². The van der Waals surface area contributed by atoms with Crippen LogP contribution in [0.5, 0.6) is 0 Å². The number of piperidine rings is 1. The van der Waals surface area contributed by atoms with E-state index < -0.39 is 10.0 Å². The lowest BCUT2D eigenvalue weighted by molar-refractivity contribution is -0.128. The van der Waals surface area contributed by atoms with Crippen LogP contribution in [0.15, 0.2) is 56.1 Å². The monoisotopic (exact) mass is 489 g/mol. The van der Waals surface area contributed by atoms with Gasteiger partial charge in [-0.25, -0.2) is 8.42 Å². The average molecular weight is 490 g/mol. The van der Waals surface area contributed by atoms with E-state index in [1.807, 2.05) is 27.8 Å². The van der Waals surface area contributed by atoms with Crippen molar-refractivity contribution in [3.8, 4) is 10.6 Å². The number of hydrogen-bond acceptors (Lipinski definition) is 7. The first-order valence-electron chi connectivity index (χ1n) is 10.5. The molecule has 2 aliphatic heterocycles. The fraction of sp³-hybridized carbons (Fsp3) is 0.364. The molecule has 0 radical (unpaired) electrons. The summed E-state index contributed by atoms with van der Waals surface area (Å²) in [5, 5.41) is 7.88. The molecule has 0 bridgehead atoms. The molecule has 0 aliphatic carbocycles. The van der Waals surface area contributed by atoms with Crippen molar-refractivity contribution in [2.75, 3.05) is 26.2 Å². The maximum Gasteiger partial charge on any atom is 0.252 e. The van der Waals surface area contributed by atoms with Crippen LogP contribution < -0.4 is 0 Å². The molecule has 0 atom stereocenters. The lowest BCUT2D eigenvalue weighted by Gasteiger charge is -2.38. The van der Waals surface area contributed by atoms with E-state index in [1.165, 1.54) is 17.6 Å². The molecule has 0 unspecified atom stereocenters. The van der Waals surface area contributed by atoms with Crippen LogP contribution in [0, 0.1) is 5.41 Å². The van der Waals surface area contributed by atoms with Crippen LogP contribution in [0.2, 0.25) is 0 Å². The molecule has 0 saturated carbocycles. The quantitative estimate of drug-likeness (QED) is 0.502. The second-order valence-electron chi connectivity index (χ2n) is 8.31. The van der Waals surface area contributed by atoms with E-state index >= 15 is 0 Å². The van der Waals surface area contributed by atoms with Crippen LogP contribution in [0.4, 0.5) is 0 Å². The van der Waals surface area contributed by atoms with Crippen LogP contribution in [0.1, 0.15) is 24.8 Å². The van der Waals surface area contributed by atoms with Gasteiger partial charge in [0.1, 0.15) is 16.2 Å². The van der Waals surface area contributed by atoms with Gasteiger partial charge in [-0.2, -0.15) is 15.6 Å². The van der Waals surface area contributed by atoms with Crippen molar-refractivity contribution in [3.63, 3.8) is 0 Å². The first kappa shape index (κ1) is 21.6. The highest BCUT2D eigenvalue weighted by molar-refractivity contribution is 7.91. The molecular formula is C22H23N3O4S3. The summed E-state index contributed by atoms with van der Waals surface area (Å²) in [4.78, 5) is 15.2. The minimum absolute atomic E-state index is 0.0208. The number of aromatic nitrogens is 1. The van der Waals surface area contributed by atoms with Crippen molar-refractivity contribution < 1.29 is 17.7 Å². The van der Waals surface area contributed by atoms with Gasteiger partial charge in [0.25, 0.3) is 10.0 Å². The smallest absolute Gasteiger partial charge is 0.252 e. The van der Waals surface area contributed by atoms with Crippen molar-refractivity contribution in [1.29, 1.82) is 0 Å². The number of carbonyl (C=O) groups excluding carboxylic acids is 1. The molecule has 5 heterocycles. The lowest BCUT2D eigenvalue weighted by atomic mass is 9.78. The van der Waals surface area contributed by atoms with E-state index in [2.05, 4.69) is 5.16 Å². The SMILES string of the molecule is O=C(/C=C/c1ccsc1)N1CCC2(CC1)CCN(S(=O)(=O)c1ccc(-c3ccon3)s1)C2. The molecule has 5 rings (SSSR count). The Morgan fingerprint density at radius 3 is 2.66 bits per heavy atom. The highest BCUT2D eigenvalue weighted by Gasteiger charge is 2.45. The van der Waals surface area contributed by atoms with Crippen LogP contribution in [0.25, 0.3) is 16.6 Å². The maximum absolute atomic E-state index is 13.2. The number of thiophene rings is 2. The molecule has 7 nitrogen and oxygen atoms in total. The predicted molar refractivity (Wildman–Crippen MR) is 125 cm³/mol. The summed E-state index contributed by atoms with van der Waals surface area (Å²) in [7, 11) is -3.55. The molecule has 10 heteroatoms. The second-order valence-corrected chi connectivity index (χ2v) is 12.3. The predicted octanol–water partition coefficient (Wildman–Crippen LogP) is 4.18. The highest BCUT2D eigenvalue weighted by Crippen LogP contribution is 2.43. The summed E-state index contributed by atoms with van der Waals surface area (Å²) < 4.78 is 33.3. The molecule has 3 aromatic heterocycles. The van der Waals surface area contributed by atoms with E-state index in [-0.39, 0.29) is 11.3 Å². The Bertz CT molecular complexity index is 1210. The third-order valence-electron chi connectivity index (χ3n) is 6.37. The number of hydrogen-bond donors (Lipinski definition) is 0. The molecule has 1 amide bonds. The van der Waals surface area contributed by atoms with Crippen LogP contribution >= 0.6 is 22.7 Å². The minimum atomic E-state index is -3.55. The molecule has 1 spiro atoms. The minimum Gasteiger partial charge on any atom is -0.364 e. The Balaban J connectivity index is 1.21. The number of sulfonamides is 1. The van der Waals surface area contributed by atoms with Gasteiger partial charge < -0.3 is 9.42 Å². The Hall–Kier alpha value is -2.27. The Kier molecular flexibility index (Phi) is 5.79. The number of likely N-dealkylation sites (tertiary alicyclic amines) is 1. The molecule has 2 saturated heterocycles. The van der Waals surface area contributed by atoms with Gasteiger partial charge >= 0.3 is 0 Å². The van der Waals surface area contributed by atoms with E-state index in [4.69, 9.17) is 4.52 Å². The van der Waals surface area contributed by atoms with Gasteiger partial charge in [-0.1, -0.05) is 5.16 Å². The van der Waals surface area contributed by atoms with E-state index in [0.29, 0.717) is 36.1 Å². The highest BCUT2D eigenvalue weighted by atomic mass is 32.2. The first-order valence-corrected chi connectivity index (χ1v) is 13.7. The summed E-state index contributed by atoms with van der Waals surface area (Å²) in [5.74, 6) is 0.0208. The van der Waals surface area contributed by atoms with Gasteiger partial charge in [-0.15, -0.1) is 11.3 Å². The summed E-state index contributed by atoms with van der Waals surface area (Å²) >= 11 is 2.82.